The number of hydrogen-bond donors (Lipinski definition) is 2. The second-order valence-corrected chi connectivity index (χ2v) is 11.4. The number of halogens is 3. The van der Waals surface area contributed by atoms with Crippen LogP contribution in [0.2, 0.25) is 5.02 Å². The van der Waals surface area contributed by atoms with Gasteiger partial charge in [0.05, 0.1) is 23.4 Å². The highest BCUT2D eigenvalue weighted by atomic mass is 79.9. The average molecular weight is 710 g/mol. The maximum absolute atomic E-state index is 13.5. The quantitative estimate of drug-likeness (QED) is 0.0731. The lowest BCUT2D eigenvalue weighted by Crippen LogP contribution is -2.19. The van der Waals surface area contributed by atoms with Crippen LogP contribution in [0.15, 0.2) is 92.9 Å². The summed E-state index contributed by atoms with van der Waals surface area (Å²) in [6.45, 7) is 2.06. The Balaban J connectivity index is 1.47. The van der Waals surface area contributed by atoms with E-state index in [0.29, 0.717) is 42.1 Å². The van der Waals surface area contributed by atoms with Gasteiger partial charge in [-0.2, -0.15) is 5.10 Å². The number of carbonyl (C=O) groups excluding carboxylic acids is 2. The number of esters is 1. The van der Waals surface area contributed by atoms with Gasteiger partial charge in [-0.25, -0.2) is 10.2 Å². The lowest BCUT2D eigenvalue weighted by atomic mass is 9.99. The summed E-state index contributed by atoms with van der Waals surface area (Å²) < 4.78 is 12.2. The molecule has 4 aromatic carbocycles. The highest BCUT2D eigenvalue weighted by molar-refractivity contribution is 9.11. The molecule has 0 spiro atoms. The molecule has 1 heterocycles. The van der Waals surface area contributed by atoms with Gasteiger partial charge in [0.25, 0.3) is 5.91 Å². The molecule has 0 bridgehead atoms. The fourth-order valence-corrected chi connectivity index (χ4v) is 6.16. The topological polar surface area (TPSA) is 92.8 Å². The number of amides is 1. The number of aryl methyl sites for hydroxylation is 1. The number of hydrogen-bond acceptors (Lipinski definition) is 5. The smallest absolute Gasteiger partial charge is 0.343 e. The molecule has 1 amide bonds. The van der Waals surface area contributed by atoms with Crippen molar-refractivity contribution < 1.29 is 19.1 Å². The molecule has 5 aromatic rings. The van der Waals surface area contributed by atoms with Crippen LogP contribution in [0.4, 0.5) is 0 Å². The van der Waals surface area contributed by atoms with Crippen molar-refractivity contribution >= 4 is 72.5 Å². The van der Waals surface area contributed by atoms with Gasteiger partial charge in [0, 0.05) is 37.1 Å². The van der Waals surface area contributed by atoms with Crippen LogP contribution in [0.1, 0.15) is 38.9 Å². The van der Waals surface area contributed by atoms with Gasteiger partial charge < -0.3 is 14.5 Å². The molecule has 0 saturated heterocycles. The SMILES string of the molecule is CCc1cccc2c(-c3ccccc3Cl)c(C(=O)NN=Cc3cc(Br)cc(Br)c3OC(=O)c3cccc(OC)c3)[nH]c12. The van der Waals surface area contributed by atoms with Gasteiger partial charge in [0.2, 0.25) is 0 Å². The van der Waals surface area contributed by atoms with Gasteiger partial charge in [-0.3, -0.25) is 4.79 Å². The highest BCUT2D eigenvalue weighted by Crippen LogP contribution is 2.38. The average Bonchev–Trinajstić information content (AvgIpc) is 3.38. The molecule has 0 fully saturated rings. The number of fused-ring (bicyclic) bond motifs is 1. The van der Waals surface area contributed by atoms with Crippen molar-refractivity contribution in [1.82, 2.24) is 10.4 Å². The predicted octanol–water partition coefficient (Wildman–Crippen LogP) is 8.57. The van der Waals surface area contributed by atoms with Gasteiger partial charge in [-0.15, -0.1) is 0 Å². The molecule has 0 aliphatic heterocycles. The van der Waals surface area contributed by atoms with Crippen molar-refractivity contribution in [3.05, 3.63) is 115 Å². The van der Waals surface area contributed by atoms with Gasteiger partial charge in [-0.1, -0.05) is 76.9 Å². The van der Waals surface area contributed by atoms with Crippen molar-refractivity contribution in [1.29, 1.82) is 0 Å². The summed E-state index contributed by atoms with van der Waals surface area (Å²) in [6.07, 6.45) is 2.20. The lowest BCUT2D eigenvalue weighted by Gasteiger charge is -2.11. The zero-order valence-electron chi connectivity index (χ0n) is 22.5. The first-order valence-corrected chi connectivity index (χ1v) is 14.8. The van der Waals surface area contributed by atoms with Crippen LogP contribution in [0.5, 0.6) is 11.5 Å². The van der Waals surface area contributed by atoms with Crippen molar-refractivity contribution in [3.63, 3.8) is 0 Å². The van der Waals surface area contributed by atoms with Crippen LogP contribution in [-0.2, 0) is 6.42 Å². The first kappa shape index (κ1) is 29.6. The summed E-state index contributed by atoms with van der Waals surface area (Å²) in [5.74, 6) is -0.268. The summed E-state index contributed by atoms with van der Waals surface area (Å²) in [5, 5.41) is 5.62. The Hall–Kier alpha value is -3.92. The standard InChI is InChI=1S/C32H24Br2ClN3O4/c1-3-18-8-7-12-24-27(23-11-4-5-13-26(23)35)29(37-28(18)24)31(39)38-36-17-20-14-21(33)16-25(34)30(20)42-32(40)19-9-6-10-22(15-19)41-2/h4-17,37H,3H2,1-2H3,(H,38,39). The van der Waals surface area contributed by atoms with Crippen molar-refractivity contribution in [2.75, 3.05) is 7.11 Å². The fourth-order valence-electron chi connectivity index (χ4n) is 4.59. The first-order valence-electron chi connectivity index (χ1n) is 12.9. The van der Waals surface area contributed by atoms with Gasteiger partial charge in [-0.05, 0) is 64.3 Å². The van der Waals surface area contributed by atoms with Crippen molar-refractivity contribution in [3.8, 4) is 22.6 Å². The molecular weight excluding hydrogens is 686 g/mol. The van der Waals surface area contributed by atoms with E-state index in [1.54, 1.807) is 42.5 Å². The number of methoxy groups -OCH3 is 1. The third kappa shape index (κ3) is 6.13. The van der Waals surface area contributed by atoms with Gasteiger partial charge in [0.15, 0.2) is 5.75 Å². The molecule has 0 saturated carbocycles. The number of nitrogens with one attached hydrogen (secondary N) is 2. The Labute approximate surface area is 264 Å². The van der Waals surface area contributed by atoms with E-state index in [2.05, 4.69) is 54.3 Å². The van der Waals surface area contributed by atoms with E-state index in [1.165, 1.54) is 13.3 Å². The van der Waals surface area contributed by atoms with Crippen molar-refractivity contribution in [2.45, 2.75) is 13.3 Å². The third-order valence-corrected chi connectivity index (χ3v) is 7.95. The fraction of sp³-hybridized carbons (Fsp3) is 0.0938. The third-order valence-electron chi connectivity index (χ3n) is 6.58. The summed E-state index contributed by atoms with van der Waals surface area (Å²) in [5.41, 5.74) is 7.07. The Kier molecular flexibility index (Phi) is 9.11. The molecule has 0 atom stereocenters. The molecule has 10 heteroatoms. The molecular formula is C32H24Br2ClN3O4. The molecule has 5 rings (SSSR count). The monoisotopic (exact) mass is 707 g/mol. The first-order chi connectivity index (χ1) is 20.3. The number of nitrogens with zero attached hydrogens (tertiary/aromatic N) is 1. The maximum atomic E-state index is 13.5. The second kappa shape index (κ2) is 12.9. The second-order valence-electron chi connectivity index (χ2n) is 9.17. The van der Waals surface area contributed by atoms with E-state index in [4.69, 9.17) is 21.1 Å². The number of para-hydroxylation sites is 1. The Morgan fingerprint density at radius 1 is 1.02 bits per heavy atom. The van der Waals surface area contributed by atoms with E-state index in [1.807, 2.05) is 36.4 Å². The summed E-state index contributed by atoms with van der Waals surface area (Å²) >= 11 is 13.5. The van der Waals surface area contributed by atoms with E-state index in [0.717, 1.165) is 28.5 Å². The van der Waals surface area contributed by atoms with Crippen LogP contribution in [0.3, 0.4) is 0 Å². The summed E-state index contributed by atoms with van der Waals surface area (Å²) in [6, 6.07) is 23.5. The largest absolute Gasteiger partial charge is 0.497 e. The van der Waals surface area contributed by atoms with E-state index >= 15 is 0 Å². The molecule has 212 valence electrons. The van der Waals surface area contributed by atoms with E-state index in [9.17, 15) is 9.59 Å². The minimum absolute atomic E-state index is 0.235. The van der Waals surface area contributed by atoms with Crippen LogP contribution in [0.25, 0.3) is 22.0 Å². The van der Waals surface area contributed by atoms with Crippen LogP contribution < -0.4 is 14.9 Å². The number of ether oxygens (including phenoxy) is 2. The van der Waals surface area contributed by atoms with Crippen molar-refractivity contribution in [2.24, 2.45) is 5.10 Å². The zero-order valence-corrected chi connectivity index (χ0v) is 26.4. The zero-order chi connectivity index (χ0) is 29.8. The number of H-pyrrole nitrogens is 1. The molecule has 2 N–H and O–H groups in total. The Morgan fingerprint density at radius 2 is 1.81 bits per heavy atom. The van der Waals surface area contributed by atoms with E-state index < -0.39 is 11.9 Å². The Bertz CT molecular complexity index is 1850. The van der Waals surface area contributed by atoms with Crippen LogP contribution in [0, 0.1) is 0 Å². The Morgan fingerprint density at radius 3 is 2.57 bits per heavy atom. The number of aromatic amines is 1. The molecule has 42 heavy (non-hydrogen) atoms. The number of hydrazone groups is 1. The lowest BCUT2D eigenvalue weighted by molar-refractivity contribution is 0.0732. The van der Waals surface area contributed by atoms with Gasteiger partial charge >= 0.3 is 5.97 Å². The number of carbonyl (C=O) groups is 2. The van der Waals surface area contributed by atoms with Crippen LogP contribution in [-0.4, -0.2) is 30.2 Å². The molecule has 0 aliphatic carbocycles. The minimum atomic E-state index is -0.579. The van der Waals surface area contributed by atoms with Crippen LogP contribution >= 0.6 is 43.5 Å². The summed E-state index contributed by atoms with van der Waals surface area (Å²) in [4.78, 5) is 29.8. The maximum Gasteiger partial charge on any atom is 0.343 e. The molecule has 7 nitrogen and oxygen atoms in total. The number of aromatic nitrogens is 1. The minimum Gasteiger partial charge on any atom is -0.497 e. The number of rotatable bonds is 8. The molecule has 0 unspecified atom stereocenters. The van der Waals surface area contributed by atoms with Gasteiger partial charge in [0.1, 0.15) is 11.4 Å². The molecule has 0 aliphatic rings. The predicted molar refractivity (Wildman–Crippen MR) is 173 cm³/mol. The molecule has 1 aromatic heterocycles. The number of benzene rings is 4. The highest BCUT2D eigenvalue weighted by Gasteiger charge is 2.22. The van der Waals surface area contributed by atoms with E-state index in [-0.39, 0.29) is 5.75 Å². The molecule has 0 radical (unpaired) electrons. The normalized spacial score (nSPS) is 11.2. The summed E-state index contributed by atoms with van der Waals surface area (Å²) in [7, 11) is 1.52.